The van der Waals surface area contributed by atoms with E-state index in [1.54, 1.807) is 0 Å². The fourth-order valence-electron chi connectivity index (χ4n) is 2.18. The van der Waals surface area contributed by atoms with E-state index in [0.29, 0.717) is 0 Å². The average molecular weight is 182 g/mol. The lowest BCUT2D eigenvalue weighted by atomic mass is 10.0. The quantitative estimate of drug-likeness (QED) is 0.600. The third-order valence-corrected chi connectivity index (χ3v) is 3.35. The van der Waals surface area contributed by atoms with E-state index in [2.05, 4.69) is 11.9 Å². The number of hydrogen-bond acceptors (Lipinski definition) is 2. The van der Waals surface area contributed by atoms with E-state index in [1.165, 1.54) is 12.8 Å². The molecule has 0 aromatic rings. The van der Waals surface area contributed by atoms with Gasteiger partial charge in [-0.2, -0.15) is 0 Å². The van der Waals surface area contributed by atoms with Crippen LogP contribution in [0.4, 0.5) is 0 Å². The van der Waals surface area contributed by atoms with E-state index in [0.717, 1.165) is 44.4 Å². The smallest absolute Gasteiger partial charge is 0.209 e. The molecule has 1 amide bonds. The van der Waals surface area contributed by atoms with Gasteiger partial charge in [0.1, 0.15) is 0 Å². The van der Waals surface area contributed by atoms with Crippen molar-refractivity contribution in [3.05, 3.63) is 0 Å². The molecule has 0 N–H and O–H groups in total. The molecule has 13 heavy (non-hydrogen) atoms. The Bertz CT molecular complexity index is 183. The van der Waals surface area contributed by atoms with Gasteiger partial charge in [-0.25, -0.2) is 0 Å². The van der Waals surface area contributed by atoms with E-state index in [9.17, 15) is 4.79 Å². The highest BCUT2D eigenvalue weighted by atomic mass is 16.1. The molecule has 0 atom stereocenters. The van der Waals surface area contributed by atoms with Crippen LogP contribution in [-0.2, 0) is 4.79 Å². The van der Waals surface area contributed by atoms with Crippen molar-refractivity contribution in [1.82, 2.24) is 9.80 Å². The van der Waals surface area contributed by atoms with Gasteiger partial charge in [0, 0.05) is 25.2 Å². The second kappa shape index (κ2) is 3.66. The van der Waals surface area contributed by atoms with Crippen LogP contribution in [0.1, 0.15) is 25.7 Å². The van der Waals surface area contributed by atoms with Gasteiger partial charge in [0.2, 0.25) is 6.41 Å². The van der Waals surface area contributed by atoms with Crippen LogP contribution in [0.15, 0.2) is 0 Å². The summed E-state index contributed by atoms with van der Waals surface area (Å²) in [5.74, 6) is 0. The Kier molecular flexibility index (Phi) is 2.54. The van der Waals surface area contributed by atoms with Crippen molar-refractivity contribution in [3.63, 3.8) is 0 Å². The van der Waals surface area contributed by atoms with Crippen molar-refractivity contribution in [1.29, 1.82) is 0 Å². The average Bonchev–Trinajstić information content (AvgIpc) is 3.00. The molecule has 74 valence electrons. The van der Waals surface area contributed by atoms with Crippen molar-refractivity contribution < 1.29 is 4.79 Å². The number of carbonyl (C=O) groups is 1. The van der Waals surface area contributed by atoms with Crippen LogP contribution >= 0.6 is 0 Å². The topological polar surface area (TPSA) is 23.6 Å². The SMILES string of the molecule is CN(C1CC1)C1CCN(C=O)CC1. The standard InChI is InChI=1S/C10H18N2O/c1-11(9-2-3-9)10-4-6-12(8-13)7-5-10/h8-10H,2-7H2,1H3. The maximum Gasteiger partial charge on any atom is 0.209 e. The van der Waals surface area contributed by atoms with Gasteiger partial charge in [-0.05, 0) is 32.7 Å². The minimum Gasteiger partial charge on any atom is -0.345 e. The van der Waals surface area contributed by atoms with Crippen LogP contribution in [0.2, 0.25) is 0 Å². The summed E-state index contributed by atoms with van der Waals surface area (Å²) in [5.41, 5.74) is 0. The molecule has 2 fully saturated rings. The third-order valence-electron chi connectivity index (χ3n) is 3.35. The van der Waals surface area contributed by atoms with Crippen LogP contribution in [0.3, 0.4) is 0 Å². The van der Waals surface area contributed by atoms with Crippen LogP contribution in [0, 0.1) is 0 Å². The van der Waals surface area contributed by atoms with Crippen molar-refractivity contribution in [2.24, 2.45) is 0 Å². The minimum absolute atomic E-state index is 0.726. The first-order chi connectivity index (χ1) is 6.31. The summed E-state index contributed by atoms with van der Waals surface area (Å²) < 4.78 is 0. The maximum absolute atomic E-state index is 10.5. The van der Waals surface area contributed by atoms with E-state index in [4.69, 9.17) is 0 Å². The van der Waals surface area contributed by atoms with Crippen LogP contribution in [0.25, 0.3) is 0 Å². The molecular formula is C10H18N2O. The fraction of sp³-hybridized carbons (Fsp3) is 0.900. The molecule has 2 aliphatic rings. The summed E-state index contributed by atoms with van der Waals surface area (Å²) in [7, 11) is 2.24. The van der Waals surface area contributed by atoms with Crippen LogP contribution < -0.4 is 0 Å². The van der Waals surface area contributed by atoms with Gasteiger partial charge in [-0.15, -0.1) is 0 Å². The van der Waals surface area contributed by atoms with Gasteiger partial charge in [-0.1, -0.05) is 0 Å². The van der Waals surface area contributed by atoms with Gasteiger partial charge in [0.15, 0.2) is 0 Å². The summed E-state index contributed by atoms with van der Waals surface area (Å²) in [4.78, 5) is 14.9. The third kappa shape index (κ3) is 2.02. The Morgan fingerprint density at radius 2 is 1.69 bits per heavy atom. The zero-order chi connectivity index (χ0) is 9.26. The van der Waals surface area contributed by atoms with Crippen molar-refractivity contribution >= 4 is 6.41 Å². The minimum atomic E-state index is 0.726. The number of nitrogens with zero attached hydrogens (tertiary/aromatic N) is 2. The molecule has 1 heterocycles. The first kappa shape index (κ1) is 9.00. The number of likely N-dealkylation sites (tertiary alicyclic amines) is 1. The van der Waals surface area contributed by atoms with Crippen molar-refractivity contribution in [3.8, 4) is 0 Å². The van der Waals surface area contributed by atoms with E-state index in [1.807, 2.05) is 4.90 Å². The first-order valence-electron chi connectivity index (χ1n) is 5.22. The molecule has 0 spiro atoms. The Labute approximate surface area is 79.7 Å². The second-order valence-electron chi connectivity index (χ2n) is 4.27. The van der Waals surface area contributed by atoms with Gasteiger partial charge in [-0.3, -0.25) is 4.79 Å². The molecule has 1 aliphatic carbocycles. The lowest BCUT2D eigenvalue weighted by Gasteiger charge is -2.35. The summed E-state index contributed by atoms with van der Waals surface area (Å²) in [5, 5.41) is 0. The van der Waals surface area contributed by atoms with Gasteiger partial charge in [0.25, 0.3) is 0 Å². The molecule has 3 nitrogen and oxygen atoms in total. The Morgan fingerprint density at radius 1 is 1.15 bits per heavy atom. The van der Waals surface area contributed by atoms with E-state index in [-0.39, 0.29) is 0 Å². The number of hydrogen-bond donors (Lipinski definition) is 0. The van der Waals surface area contributed by atoms with E-state index >= 15 is 0 Å². The van der Waals surface area contributed by atoms with Crippen LogP contribution in [0.5, 0.6) is 0 Å². The number of amides is 1. The molecule has 0 radical (unpaired) electrons. The fourth-order valence-corrected chi connectivity index (χ4v) is 2.18. The molecule has 1 saturated heterocycles. The molecule has 1 aliphatic heterocycles. The molecule has 2 rings (SSSR count). The van der Waals surface area contributed by atoms with Crippen molar-refractivity contribution in [2.45, 2.75) is 37.8 Å². The normalized spacial score (nSPS) is 25.2. The van der Waals surface area contributed by atoms with Gasteiger partial charge >= 0.3 is 0 Å². The highest BCUT2D eigenvalue weighted by Crippen LogP contribution is 2.29. The van der Waals surface area contributed by atoms with Crippen LogP contribution in [-0.4, -0.2) is 48.4 Å². The Balaban J connectivity index is 1.79. The molecular weight excluding hydrogens is 164 g/mol. The number of rotatable bonds is 3. The number of piperidine rings is 1. The predicted molar refractivity (Wildman–Crippen MR) is 51.4 cm³/mol. The zero-order valence-electron chi connectivity index (χ0n) is 8.28. The molecule has 0 unspecified atom stereocenters. The van der Waals surface area contributed by atoms with Crippen molar-refractivity contribution in [2.75, 3.05) is 20.1 Å². The lowest BCUT2D eigenvalue weighted by Crippen LogP contribution is -2.43. The lowest BCUT2D eigenvalue weighted by molar-refractivity contribution is -0.119. The molecule has 0 bridgehead atoms. The largest absolute Gasteiger partial charge is 0.345 e. The molecule has 3 heteroatoms. The predicted octanol–water partition coefficient (Wildman–Crippen LogP) is 0.701. The zero-order valence-corrected chi connectivity index (χ0v) is 8.28. The molecule has 0 aromatic heterocycles. The second-order valence-corrected chi connectivity index (χ2v) is 4.27. The Morgan fingerprint density at radius 3 is 2.15 bits per heavy atom. The first-order valence-corrected chi connectivity index (χ1v) is 5.22. The number of carbonyl (C=O) groups excluding carboxylic acids is 1. The summed E-state index contributed by atoms with van der Waals surface area (Å²) in [6.45, 7) is 1.90. The highest BCUT2D eigenvalue weighted by Gasteiger charge is 2.32. The maximum atomic E-state index is 10.5. The van der Waals surface area contributed by atoms with Gasteiger partial charge in [0.05, 0.1) is 0 Å². The summed E-state index contributed by atoms with van der Waals surface area (Å²) in [6, 6.07) is 1.58. The summed E-state index contributed by atoms with van der Waals surface area (Å²) in [6.07, 6.45) is 6.06. The van der Waals surface area contributed by atoms with Gasteiger partial charge < -0.3 is 9.80 Å². The monoisotopic (exact) mass is 182 g/mol. The molecule has 1 saturated carbocycles. The molecule has 0 aromatic carbocycles. The Hall–Kier alpha value is -0.570. The van der Waals surface area contributed by atoms with E-state index < -0.39 is 0 Å². The summed E-state index contributed by atoms with van der Waals surface area (Å²) >= 11 is 0. The highest BCUT2D eigenvalue weighted by molar-refractivity contribution is 5.47.